The van der Waals surface area contributed by atoms with Crippen molar-refractivity contribution in [2.75, 3.05) is 6.54 Å². The van der Waals surface area contributed by atoms with E-state index in [1.165, 1.54) is 6.07 Å². The number of nitrogens with zero attached hydrogens (tertiary/aromatic N) is 3. The molecule has 1 aliphatic heterocycles. The predicted octanol–water partition coefficient (Wildman–Crippen LogP) is 2.77. The summed E-state index contributed by atoms with van der Waals surface area (Å²) in [5.74, 6) is -0.308. The molecule has 0 bridgehead atoms. The highest BCUT2D eigenvalue weighted by Gasteiger charge is 2.35. The van der Waals surface area contributed by atoms with E-state index in [0.717, 1.165) is 12.1 Å². The molecule has 1 N–H and O–H groups in total. The van der Waals surface area contributed by atoms with Crippen LogP contribution in [-0.2, 0) is 12.7 Å². The van der Waals surface area contributed by atoms with Crippen molar-refractivity contribution in [1.82, 2.24) is 20.1 Å². The summed E-state index contributed by atoms with van der Waals surface area (Å²) in [5, 5.41) is 11.1. The normalized spacial score (nSPS) is 18.6. The van der Waals surface area contributed by atoms with Gasteiger partial charge in [-0.05, 0) is 25.1 Å². The van der Waals surface area contributed by atoms with E-state index in [2.05, 4.69) is 15.5 Å². The number of benzene rings is 1. The zero-order valence-corrected chi connectivity index (χ0v) is 11.1. The number of hydrogen-bond acceptors (Lipinski definition) is 3. The number of fused-ring (bicyclic) bond motifs is 1. The van der Waals surface area contributed by atoms with Crippen LogP contribution in [0.2, 0.25) is 0 Å². The van der Waals surface area contributed by atoms with Gasteiger partial charge in [-0.2, -0.15) is 13.2 Å². The summed E-state index contributed by atoms with van der Waals surface area (Å²) in [6.45, 7) is 3.13. The zero-order valence-electron chi connectivity index (χ0n) is 11.1. The first kappa shape index (κ1) is 14.0. The maximum atomic E-state index is 13.3. The number of aromatic nitrogens is 3. The maximum absolute atomic E-state index is 13.3. The third kappa shape index (κ3) is 2.39. The smallest absolute Gasteiger partial charge is 0.308 e. The van der Waals surface area contributed by atoms with Crippen molar-refractivity contribution in [3.63, 3.8) is 0 Å². The molecule has 4 nitrogen and oxygen atoms in total. The number of rotatable bonds is 1. The molecule has 0 saturated carbocycles. The van der Waals surface area contributed by atoms with E-state index in [9.17, 15) is 17.6 Å². The van der Waals surface area contributed by atoms with Gasteiger partial charge < -0.3 is 9.88 Å². The third-order valence-corrected chi connectivity index (χ3v) is 3.48. The van der Waals surface area contributed by atoms with E-state index in [4.69, 9.17) is 0 Å². The van der Waals surface area contributed by atoms with Gasteiger partial charge in [0.25, 0.3) is 0 Å². The van der Waals surface area contributed by atoms with Gasteiger partial charge in [-0.15, -0.1) is 10.2 Å². The van der Waals surface area contributed by atoms with Gasteiger partial charge in [0.2, 0.25) is 0 Å². The second kappa shape index (κ2) is 4.80. The summed E-state index contributed by atoms with van der Waals surface area (Å²) >= 11 is 0. The molecule has 1 aromatic heterocycles. The highest BCUT2D eigenvalue weighted by atomic mass is 19.4. The maximum Gasteiger partial charge on any atom is 0.419 e. The van der Waals surface area contributed by atoms with Crippen molar-refractivity contribution in [2.24, 2.45) is 0 Å². The van der Waals surface area contributed by atoms with Gasteiger partial charge >= 0.3 is 6.18 Å². The quantitative estimate of drug-likeness (QED) is 0.824. The lowest BCUT2D eigenvalue weighted by Gasteiger charge is -2.22. The Labute approximate surface area is 117 Å². The summed E-state index contributed by atoms with van der Waals surface area (Å²) in [5.41, 5.74) is -1.09. The van der Waals surface area contributed by atoms with Gasteiger partial charge in [0.15, 0.2) is 5.82 Å². The second-order valence-corrected chi connectivity index (χ2v) is 4.90. The average Bonchev–Trinajstić information content (AvgIpc) is 2.83. The van der Waals surface area contributed by atoms with Crippen LogP contribution in [0.1, 0.15) is 24.4 Å². The Morgan fingerprint density at radius 2 is 2.05 bits per heavy atom. The molecule has 0 aliphatic carbocycles. The summed E-state index contributed by atoms with van der Waals surface area (Å²) in [6.07, 6.45) is -4.74. The van der Waals surface area contributed by atoms with Crippen molar-refractivity contribution in [3.05, 3.63) is 35.4 Å². The fraction of sp³-hybridized carbons (Fsp3) is 0.385. The number of hydrogen-bond donors (Lipinski definition) is 1. The molecule has 2 heterocycles. The molecule has 1 aliphatic rings. The van der Waals surface area contributed by atoms with Gasteiger partial charge in [-0.3, -0.25) is 0 Å². The standard InChI is InChI=1S/C13H12F4N4/c1-7-11-19-20-12(21(11)5-4-18-7)8-2-3-10(14)9(6-8)13(15,16)17/h2-3,6-7,18H,4-5H2,1H3. The molecule has 0 spiro atoms. The Hall–Kier alpha value is -1.96. The molecule has 1 atom stereocenters. The van der Waals surface area contributed by atoms with Crippen LogP contribution >= 0.6 is 0 Å². The van der Waals surface area contributed by atoms with E-state index in [-0.39, 0.29) is 11.6 Å². The van der Waals surface area contributed by atoms with Crippen molar-refractivity contribution in [3.8, 4) is 11.4 Å². The third-order valence-electron chi connectivity index (χ3n) is 3.48. The Kier molecular flexibility index (Phi) is 3.20. The van der Waals surface area contributed by atoms with Crippen molar-refractivity contribution >= 4 is 0 Å². The Balaban J connectivity index is 2.10. The highest BCUT2D eigenvalue weighted by molar-refractivity contribution is 5.57. The molecule has 0 radical (unpaired) electrons. The molecule has 1 unspecified atom stereocenters. The molecular formula is C13H12F4N4. The van der Waals surface area contributed by atoms with Crippen LogP contribution in [-0.4, -0.2) is 21.3 Å². The minimum Gasteiger partial charge on any atom is -0.308 e. The van der Waals surface area contributed by atoms with E-state index in [0.29, 0.717) is 24.7 Å². The average molecular weight is 300 g/mol. The van der Waals surface area contributed by atoms with Crippen LogP contribution in [0.4, 0.5) is 17.6 Å². The molecule has 0 amide bonds. The lowest BCUT2D eigenvalue weighted by Crippen LogP contribution is -2.32. The van der Waals surface area contributed by atoms with Crippen LogP contribution in [0, 0.1) is 5.82 Å². The Morgan fingerprint density at radius 1 is 1.29 bits per heavy atom. The Bertz CT molecular complexity index is 677. The van der Waals surface area contributed by atoms with Crippen LogP contribution in [0.3, 0.4) is 0 Å². The van der Waals surface area contributed by atoms with E-state index in [1.54, 1.807) is 4.57 Å². The largest absolute Gasteiger partial charge is 0.419 e. The number of nitrogens with one attached hydrogen (secondary N) is 1. The molecule has 3 rings (SSSR count). The van der Waals surface area contributed by atoms with Gasteiger partial charge in [0.05, 0.1) is 11.6 Å². The van der Waals surface area contributed by atoms with E-state index in [1.807, 2.05) is 6.92 Å². The van der Waals surface area contributed by atoms with Gasteiger partial charge in [-0.1, -0.05) is 0 Å². The molecule has 1 aromatic carbocycles. The van der Waals surface area contributed by atoms with Crippen molar-refractivity contribution in [2.45, 2.75) is 25.7 Å². The lowest BCUT2D eigenvalue weighted by atomic mass is 10.1. The number of alkyl halides is 3. The summed E-state index contributed by atoms with van der Waals surface area (Å²) in [4.78, 5) is 0. The Morgan fingerprint density at radius 3 is 2.76 bits per heavy atom. The summed E-state index contributed by atoms with van der Waals surface area (Å²) in [7, 11) is 0. The van der Waals surface area contributed by atoms with Crippen molar-refractivity contribution in [1.29, 1.82) is 0 Å². The van der Waals surface area contributed by atoms with Gasteiger partial charge in [0, 0.05) is 18.7 Å². The summed E-state index contributed by atoms with van der Waals surface area (Å²) < 4.78 is 53.4. The highest BCUT2D eigenvalue weighted by Crippen LogP contribution is 2.34. The first-order valence-corrected chi connectivity index (χ1v) is 6.41. The first-order valence-electron chi connectivity index (χ1n) is 6.41. The van der Waals surface area contributed by atoms with E-state index < -0.39 is 17.6 Å². The van der Waals surface area contributed by atoms with Crippen LogP contribution in [0.25, 0.3) is 11.4 Å². The fourth-order valence-electron chi connectivity index (χ4n) is 2.44. The van der Waals surface area contributed by atoms with Crippen LogP contribution in [0.15, 0.2) is 18.2 Å². The molecule has 0 saturated heterocycles. The fourth-order valence-corrected chi connectivity index (χ4v) is 2.44. The molecule has 112 valence electrons. The minimum absolute atomic E-state index is 0.0254. The molecule has 21 heavy (non-hydrogen) atoms. The minimum atomic E-state index is -4.74. The predicted molar refractivity (Wildman–Crippen MR) is 66.8 cm³/mol. The zero-order chi connectivity index (χ0) is 15.2. The van der Waals surface area contributed by atoms with Crippen LogP contribution < -0.4 is 5.32 Å². The number of halogens is 4. The molecule has 0 fully saturated rings. The molecule has 8 heteroatoms. The first-order chi connectivity index (χ1) is 9.88. The lowest BCUT2D eigenvalue weighted by molar-refractivity contribution is -0.139. The summed E-state index contributed by atoms with van der Waals surface area (Å²) in [6, 6.07) is 2.85. The van der Waals surface area contributed by atoms with Crippen molar-refractivity contribution < 1.29 is 17.6 Å². The molecule has 2 aromatic rings. The molecular weight excluding hydrogens is 288 g/mol. The SMILES string of the molecule is CC1NCCn2c(-c3ccc(F)c(C(F)(F)F)c3)nnc21. The van der Waals surface area contributed by atoms with Gasteiger partial charge in [-0.25, -0.2) is 4.39 Å². The van der Waals surface area contributed by atoms with Crippen LogP contribution in [0.5, 0.6) is 0 Å². The van der Waals surface area contributed by atoms with E-state index >= 15 is 0 Å². The second-order valence-electron chi connectivity index (χ2n) is 4.90. The topological polar surface area (TPSA) is 42.7 Å². The van der Waals surface area contributed by atoms with Gasteiger partial charge in [0.1, 0.15) is 11.6 Å². The monoisotopic (exact) mass is 300 g/mol.